The summed E-state index contributed by atoms with van der Waals surface area (Å²) < 4.78 is 26.4. The zero-order chi connectivity index (χ0) is 16.3. The van der Waals surface area contributed by atoms with Gasteiger partial charge in [-0.05, 0) is 31.0 Å². The van der Waals surface area contributed by atoms with E-state index in [4.69, 9.17) is 5.11 Å². The van der Waals surface area contributed by atoms with E-state index in [1.54, 1.807) is 31.2 Å². The second-order valence-electron chi connectivity index (χ2n) is 4.73. The van der Waals surface area contributed by atoms with E-state index in [1.165, 1.54) is 17.5 Å². The van der Waals surface area contributed by atoms with Crippen molar-refractivity contribution in [1.29, 1.82) is 0 Å². The van der Waals surface area contributed by atoms with Crippen LogP contribution in [0.1, 0.15) is 17.0 Å². The number of carboxylic acid groups (broad SMARTS) is 1. The third-order valence-corrected chi connectivity index (χ3v) is 6.25. The Morgan fingerprint density at radius 1 is 1.41 bits per heavy atom. The minimum absolute atomic E-state index is 0.00789. The normalized spacial score (nSPS) is 11.4. The number of aromatic nitrogens is 1. The third-order valence-electron chi connectivity index (χ3n) is 3.12. The Balaban J connectivity index is 2.27. The van der Waals surface area contributed by atoms with Gasteiger partial charge in [-0.1, -0.05) is 12.1 Å². The molecule has 0 aliphatic rings. The lowest BCUT2D eigenvalue weighted by molar-refractivity contribution is -0.136. The molecule has 0 aliphatic carbocycles. The van der Waals surface area contributed by atoms with Crippen LogP contribution in [0.5, 0.6) is 0 Å². The largest absolute Gasteiger partial charge is 0.481 e. The van der Waals surface area contributed by atoms with Crippen LogP contribution in [0.2, 0.25) is 0 Å². The minimum atomic E-state index is -3.65. The molecule has 118 valence electrons. The van der Waals surface area contributed by atoms with E-state index in [0.29, 0.717) is 17.1 Å². The second-order valence-corrected chi connectivity index (χ2v) is 8.17. The van der Waals surface area contributed by atoms with E-state index in [2.05, 4.69) is 4.98 Å². The van der Waals surface area contributed by atoms with Gasteiger partial charge in [0.15, 0.2) is 4.21 Å². The van der Waals surface area contributed by atoms with Gasteiger partial charge in [-0.25, -0.2) is 13.4 Å². The number of anilines is 1. The van der Waals surface area contributed by atoms with Crippen LogP contribution in [-0.2, 0) is 21.2 Å². The van der Waals surface area contributed by atoms with Crippen LogP contribution < -0.4 is 4.31 Å². The fraction of sp³-hybridized carbons (Fsp3) is 0.286. The standard InChI is InChI=1S/C14H16N2O4S2/c1-10-15-9-14(21-10)22(19,20)16(2)12-5-3-4-11(8-12)6-7-13(17)18/h3-5,8-9H,6-7H2,1-2H3,(H,17,18). The van der Waals surface area contributed by atoms with E-state index in [9.17, 15) is 13.2 Å². The maximum Gasteiger partial charge on any atom is 0.303 e. The van der Waals surface area contributed by atoms with Crippen LogP contribution >= 0.6 is 11.3 Å². The van der Waals surface area contributed by atoms with E-state index >= 15 is 0 Å². The SMILES string of the molecule is Cc1ncc(S(=O)(=O)N(C)c2cccc(CCC(=O)O)c2)s1. The van der Waals surface area contributed by atoms with Crippen LogP contribution in [0.4, 0.5) is 5.69 Å². The van der Waals surface area contributed by atoms with Crippen LogP contribution in [0.15, 0.2) is 34.7 Å². The maximum absolute atomic E-state index is 12.5. The summed E-state index contributed by atoms with van der Waals surface area (Å²) in [6.45, 7) is 1.75. The van der Waals surface area contributed by atoms with E-state index < -0.39 is 16.0 Å². The molecule has 1 aromatic carbocycles. The van der Waals surface area contributed by atoms with Crippen LogP contribution in [0.25, 0.3) is 0 Å². The lowest BCUT2D eigenvalue weighted by atomic mass is 10.1. The summed E-state index contributed by atoms with van der Waals surface area (Å²) in [5, 5.41) is 9.40. The number of rotatable bonds is 6. The molecule has 2 rings (SSSR count). The molecule has 0 saturated carbocycles. The van der Waals surface area contributed by atoms with Crippen molar-refractivity contribution in [3.63, 3.8) is 0 Å². The number of carbonyl (C=O) groups is 1. The van der Waals surface area contributed by atoms with Crippen LogP contribution in [0.3, 0.4) is 0 Å². The van der Waals surface area contributed by atoms with Crippen molar-refractivity contribution in [3.05, 3.63) is 41.0 Å². The lowest BCUT2D eigenvalue weighted by Crippen LogP contribution is -2.25. The number of thiazole rings is 1. The first-order valence-electron chi connectivity index (χ1n) is 6.53. The number of aryl methyl sites for hydroxylation is 2. The highest BCUT2D eigenvalue weighted by Crippen LogP contribution is 2.26. The summed E-state index contributed by atoms with van der Waals surface area (Å²) in [5.41, 5.74) is 1.27. The number of hydrogen-bond donors (Lipinski definition) is 1. The molecule has 0 radical (unpaired) electrons. The molecular weight excluding hydrogens is 324 g/mol. The van der Waals surface area contributed by atoms with Crippen molar-refractivity contribution in [2.75, 3.05) is 11.4 Å². The molecular formula is C14H16N2O4S2. The van der Waals surface area contributed by atoms with Crippen molar-refractivity contribution in [2.45, 2.75) is 24.0 Å². The summed E-state index contributed by atoms with van der Waals surface area (Å²) in [6, 6.07) is 6.87. The first-order valence-corrected chi connectivity index (χ1v) is 8.78. The average molecular weight is 340 g/mol. The molecule has 0 unspecified atom stereocenters. The lowest BCUT2D eigenvalue weighted by Gasteiger charge is -2.18. The highest BCUT2D eigenvalue weighted by molar-refractivity contribution is 7.94. The van der Waals surface area contributed by atoms with Gasteiger partial charge in [0, 0.05) is 13.5 Å². The zero-order valence-electron chi connectivity index (χ0n) is 12.2. The van der Waals surface area contributed by atoms with E-state index in [-0.39, 0.29) is 10.6 Å². The molecule has 0 amide bonds. The predicted molar refractivity (Wildman–Crippen MR) is 84.8 cm³/mol. The number of hydrogen-bond acceptors (Lipinski definition) is 5. The van der Waals surface area contributed by atoms with Gasteiger partial charge in [-0.2, -0.15) is 0 Å². The summed E-state index contributed by atoms with van der Waals surface area (Å²) >= 11 is 1.12. The summed E-state index contributed by atoms with van der Waals surface area (Å²) in [5.74, 6) is -0.883. The Morgan fingerprint density at radius 2 is 2.14 bits per heavy atom. The molecule has 2 aromatic rings. The number of benzene rings is 1. The molecule has 0 aliphatic heterocycles. The van der Waals surface area contributed by atoms with E-state index in [1.807, 2.05) is 0 Å². The highest BCUT2D eigenvalue weighted by atomic mass is 32.2. The Kier molecular flexibility index (Phi) is 4.82. The Morgan fingerprint density at radius 3 is 2.73 bits per heavy atom. The van der Waals surface area contributed by atoms with Crippen molar-refractivity contribution in [2.24, 2.45) is 0 Å². The van der Waals surface area contributed by atoms with Crippen LogP contribution in [0, 0.1) is 6.92 Å². The van der Waals surface area contributed by atoms with Crippen molar-refractivity contribution >= 4 is 33.0 Å². The summed E-state index contributed by atoms with van der Waals surface area (Å²) in [4.78, 5) is 14.6. The number of carboxylic acids is 1. The van der Waals surface area contributed by atoms with Gasteiger partial charge < -0.3 is 5.11 Å². The minimum Gasteiger partial charge on any atom is -0.481 e. The van der Waals surface area contributed by atoms with Crippen molar-refractivity contribution in [3.8, 4) is 0 Å². The van der Waals surface area contributed by atoms with E-state index in [0.717, 1.165) is 16.9 Å². The summed E-state index contributed by atoms with van der Waals surface area (Å²) in [7, 11) is -2.17. The predicted octanol–water partition coefficient (Wildman–Crippen LogP) is 2.29. The zero-order valence-corrected chi connectivity index (χ0v) is 13.8. The molecule has 0 bridgehead atoms. The van der Waals surface area contributed by atoms with Gasteiger partial charge in [0.2, 0.25) is 0 Å². The van der Waals surface area contributed by atoms with Gasteiger partial charge in [0.1, 0.15) is 0 Å². The smallest absolute Gasteiger partial charge is 0.303 e. The Bertz CT molecular complexity index is 784. The average Bonchev–Trinajstić information content (AvgIpc) is 2.92. The molecule has 6 nitrogen and oxygen atoms in total. The first kappa shape index (κ1) is 16.4. The molecule has 0 saturated heterocycles. The maximum atomic E-state index is 12.5. The first-order chi connectivity index (χ1) is 10.3. The third kappa shape index (κ3) is 3.63. The molecule has 1 aromatic heterocycles. The molecule has 0 spiro atoms. The fourth-order valence-corrected chi connectivity index (χ4v) is 4.36. The van der Waals surface area contributed by atoms with Gasteiger partial charge in [0.05, 0.1) is 16.9 Å². The number of nitrogens with zero attached hydrogens (tertiary/aromatic N) is 2. The Labute approximate surface area is 133 Å². The van der Waals surface area contributed by atoms with Crippen molar-refractivity contribution in [1.82, 2.24) is 4.98 Å². The van der Waals surface area contributed by atoms with Gasteiger partial charge >= 0.3 is 5.97 Å². The molecule has 22 heavy (non-hydrogen) atoms. The van der Waals surface area contributed by atoms with Gasteiger partial charge in [0.25, 0.3) is 10.0 Å². The summed E-state index contributed by atoms with van der Waals surface area (Å²) in [6.07, 6.45) is 1.71. The number of sulfonamides is 1. The molecule has 0 fully saturated rings. The topological polar surface area (TPSA) is 87.6 Å². The van der Waals surface area contributed by atoms with Gasteiger partial charge in [-0.3, -0.25) is 9.10 Å². The highest BCUT2D eigenvalue weighted by Gasteiger charge is 2.23. The van der Waals surface area contributed by atoms with Gasteiger partial charge in [-0.15, -0.1) is 11.3 Å². The second kappa shape index (κ2) is 6.45. The molecule has 1 heterocycles. The molecule has 1 N–H and O–H groups in total. The fourth-order valence-electron chi connectivity index (χ4n) is 1.89. The Hall–Kier alpha value is -1.93. The monoisotopic (exact) mass is 340 g/mol. The van der Waals surface area contributed by atoms with Crippen molar-refractivity contribution < 1.29 is 18.3 Å². The number of aliphatic carboxylic acids is 1. The quantitative estimate of drug-likeness (QED) is 0.872. The van der Waals surface area contributed by atoms with Crippen LogP contribution in [-0.4, -0.2) is 31.5 Å². The molecule has 0 atom stereocenters. The molecule has 8 heteroatoms.